The number of hydrogen-bond donors (Lipinski definition) is 3. The third-order valence-electron chi connectivity index (χ3n) is 2.25. The molecule has 0 saturated carbocycles. The van der Waals surface area contributed by atoms with Gasteiger partial charge in [0.1, 0.15) is 0 Å². The topological polar surface area (TPSA) is 95.9 Å². The van der Waals surface area contributed by atoms with Crippen molar-refractivity contribution in [2.24, 2.45) is 11.1 Å². The van der Waals surface area contributed by atoms with Gasteiger partial charge in [0.05, 0.1) is 16.3 Å². The van der Waals surface area contributed by atoms with Crippen LogP contribution in [0.3, 0.4) is 0 Å². The van der Waals surface area contributed by atoms with E-state index in [1.807, 2.05) is 0 Å². The van der Waals surface area contributed by atoms with Crippen molar-refractivity contribution in [3.05, 3.63) is 67.6 Å². The first-order valence-corrected chi connectivity index (χ1v) is 7.27. The summed E-state index contributed by atoms with van der Waals surface area (Å²) in [5, 5.41) is 19.5. The Labute approximate surface area is 164 Å². The largest absolute Gasteiger partial charge is 0.411 e. The molecule has 0 atom stereocenters. The van der Waals surface area contributed by atoms with Crippen molar-refractivity contribution in [1.29, 1.82) is 0 Å². The SMILES string of the molecule is Cl.NO.O/N=C/c1ccc(Cl)cc1Cl.O=Cc1ccc(Cl)cc1Cl. The molecule has 132 valence electrons. The molecule has 0 aliphatic carbocycles. The van der Waals surface area contributed by atoms with Gasteiger partial charge in [-0.25, -0.2) is 5.90 Å². The van der Waals surface area contributed by atoms with Crippen molar-refractivity contribution in [1.82, 2.24) is 0 Å². The summed E-state index contributed by atoms with van der Waals surface area (Å²) in [4.78, 5) is 10.2. The number of rotatable bonds is 2. The molecule has 0 spiro atoms. The summed E-state index contributed by atoms with van der Waals surface area (Å²) in [6, 6.07) is 9.66. The van der Waals surface area contributed by atoms with Gasteiger partial charge < -0.3 is 10.4 Å². The zero-order chi connectivity index (χ0) is 17.8. The molecule has 0 aromatic heterocycles. The first-order valence-electron chi connectivity index (χ1n) is 5.76. The third-order valence-corrected chi connectivity index (χ3v) is 3.37. The average molecular weight is 435 g/mol. The van der Waals surface area contributed by atoms with E-state index in [1.165, 1.54) is 12.3 Å². The normalized spacial score (nSPS) is 9.08. The molecule has 5 nitrogen and oxygen atoms in total. The van der Waals surface area contributed by atoms with Gasteiger partial charge >= 0.3 is 0 Å². The second-order valence-electron chi connectivity index (χ2n) is 3.69. The van der Waals surface area contributed by atoms with Crippen LogP contribution in [0.15, 0.2) is 41.6 Å². The first kappa shape index (κ1) is 25.2. The highest BCUT2D eigenvalue weighted by Gasteiger charge is 1.98. The summed E-state index contributed by atoms with van der Waals surface area (Å²) in [6.45, 7) is 0. The van der Waals surface area contributed by atoms with E-state index in [4.69, 9.17) is 56.8 Å². The Balaban J connectivity index is 0. The highest BCUT2D eigenvalue weighted by atomic mass is 35.5. The molecular weight excluding hydrogens is 421 g/mol. The van der Waals surface area contributed by atoms with Gasteiger partial charge in [0.25, 0.3) is 0 Å². The number of oxime groups is 1. The predicted molar refractivity (Wildman–Crippen MR) is 101 cm³/mol. The summed E-state index contributed by atoms with van der Waals surface area (Å²) in [7, 11) is 0. The van der Waals surface area contributed by atoms with Crippen LogP contribution in [0.5, 0.6) is 0 Å². The highest BCUT2D eigenvalue weighted by molar-refractivity contribution is 6.36. The zero-order valence-electron chi connectivity index (χ0n) is 11.9. The number of halogens is 5. The number of hydrogen-bond acceptors (Lipinski definition) is 5. The van der Waals surface area contributed by atoms with Gasteiger partial charge in [-0.3, -0.25) is 4.79 Å². The lowest BCUT2D eigenvalue weighted by atomic mass is 10.2. The Hall–Kier alpha value is -1.05. The zero-order valence-corrected chi connectivity index (χ0v) is 15.7. The van der Waals surface area contributed by atoms with E-state index in [-0.39, 0.29) is 12.4 Å². The molecule has 2 aromatic rings. The number of nitrogens with zero attached hydrogens (tertiary/aromatic N) is 1. The van der Waals surface area contributed by atoms with Gasteiger partial charge in [-0.1, -0.05) is 57.6 Å². The standard InChI is InChI=1S/C7H5Cl2NO.C7H4Cl2O.ClH.H3NO/c8-6-2-1-5(4-10-11)7(9)3-6;8-6-2-1-5(4-10)7(9)3-6;;1-2/h1-4,11H;1-4H;1H;2H,1H2/b10-4+;;;. The second-order valence-corrected chi connectivity index (χ2v) is 5.38. The fraction of sp³-hybridized carbons (Fsp3) is 0. The quantitative estimate of drug-likeness (QED) is 0.256. The van der Waals surface area contributed by atoms with Crippen LogP contribution in [-0.2, 0) is 0 Å². The number of carbonyl (C=O) groups excluding carboxylic acids is 1. The Morgan fingerprint density at radius 3 is 1.62 bits per heavy atom. The summed E-state index contributed by atoms with van der Waals surface area (Å²) in [5.74, 6) is 3.50. The Morgan fingerprint density at radius 1 is 0.875 bits per heavy atom. The first-order chi connectivity index (χ1) is 11.0. The highest BCUT2D eigenvalue weighted by Crippen LogP contribution is 2.19. The molecule has 0 saturated heterocycles. The molecule has 0 heterocycles. The van der Waals surface area contributed by atoms with Crippen LogP contribution in [0, 0.1) is 0 Å². The molecule has 0 bridgehead atoms. The van der Waals surface area contributed by atoms with E-state index in [9.17, 15) is 4.79 Å². The third kappa shape index (κ3) is 9.30. The molecule has 0 radical (unpaired) electrons. The summed E-state index contributed by atoms with van der Waals surface area (Å²) in [6.07, 6.45) is 1.94. The van der Waals surface area contributed by atoms with Crippen LogP contribution >= 0.6 is 58.8 Å². The van der Waals surface area contributed by atoms with E-state index in [2.05, 4.69) is 11.1 Å². The number of benzene rings is 2. The molecule has 0 aliphatic heterocycles. The summed E-state index contributed by atoms with van der Waals surface area (Å²) in [5.41, 5.74) is 1.10. The van der Waals surface area contributed by atoms with Crippen LogP contribution in [0.1, 0.15) is 15.9 Å². The minimum Gasteiger partial charge on any atom is -0.411 e. The molecule has 2 rings (SSSR count). The van der Waals surface area contributed by atoms with Crippen LogP contribution in [0.2, 0.25) is 20.1 Å². The minimum atomic E-state index is 0. The molecule has 4 N–H and O–H groups in total. The molecule has 2 aromatic carbocycles. The minimum absolute atomic E-state index is 0. The molecule has 0 fully saturated rings. The van der Waals surface area contributed by atoms with E-state index in [0.717, 1.165) is 0 Å². The van der Waals surface area contributed by atoms with Crippen molar-refractivity contribution in [2.45, 2.75) is 0 Å². The maximum atomic E-state index is 10.2. The Bertz CT molecular complexity index is 669. The van der Waals surface area contributed by atoms with Gasteiger partial charge in [-0.2, -0.15) is 0 Å². The predicted octanol–water partition coefficient (Wildman–Crippen LogP) is 5.36. The summed E-state index contributed by atoms with van der Waals surface area (Å²) < 4.78 is 0. The maximum Gasteiger partial charge on any atom is 0.151 e. The lowest BCUT2D eigenvalue weighted by molar-refractivity contribution is 0.112. The molecule has 10 heteroatoms. The number of carbonyl (C=O) groups is 1. The maximum absolute atomic E-state index is 10.2. The van der Waals surface area contributed by atoms with E-state index < -0.39 is 0 Å². The molecule has 0 amide bonds. The second kappa shape index (κ2) is 14.3. The molecular formula is C14H13Cl5N2O3. The Morgan fingerprint density at radius 2 is 1.29 bits per heavy atom. The van der Waals surface area contributed by atoms with E-state index >= 15 is 0 Å². The van der Waals surface area contributed by atoms with Crippen molar-refractivity contribution in [3.63, 3.8) is 0 Å². The van der Waals surface area contributed by atoms with Crippen molar-refractivity contribution < 1.29 is 15.2 Å². The lowest BCUT2D eigenvalue weighted by Crippen LogP contribution is -1.81. The van der Waals surface area contributed by atoms with Crippen LogP contribution in [0.4, 0.5) is 0 Å². The molecule has 24 heavy (non-hydrogen) atoms. The number of nitrogens with two attached hydrogens (primary N) is 1. The van der Waals surface area contributed by atoms with Gasteiger partial charge in [0.15, 0.2) is 6.29 Å². The van der Waals surface area contributed by atoms with Crippen molar-refractivity contribution >= 4 is 71.3 Å². The molecule has 0 aliphatic rings. The van der Waals surface area contributed by atoms with Gasteiger partial charge in [-0.15, -0.1) is 12.4 Å². The Kier molecular flexibility index (Phi) is 15.0. The van der Waals surface area contributed by atoms with Gasteiger partial charge in [0, 0.05) is 21.2 Å². The van der Waals surface area contributed by atoms with Crippen molar-refractivity contribution in [3.8, 4) is 0 Å². The monoisotopic (exact) mass is 432 g/mol. The lowest BCUT2D eigenvalue weighted by Gasteiger charge is -1.95. The fourth-order valence-electron chi connectivity index (χ4n) is 1.27. The fourth-order valence-corrected chi connectivity index (χ4v) is 2.18. The van der Waals surface area contributed by atoms with Gasteiger partial charge in [-0.05, 0) is 30.3 Å². The summed E-state index contributed by atoms with van der Waals surface area (Å²) >= 11 is 22.5. The average Bonchev–Trinajstić information content (AvgIpc) is 2.53. The number of aldehydes is 1. The van der Waals surface area contributed by atoms with Gasteiger partial charge in [0.2, 0.25) is 0 Å². The van der Waals surface area contributed by atoms with E-state index in [0.29, 0.717) is 37.5 Å². The van der Waals surface area contributed by atoms with Crippen LogP contribution in [-0.4, -0.2) is 22.9 Å². The van der Waals surface area contributed by atoms with Crippen molar-refractivity contribution in [2.75, 3.05) is 0 Å². The molecule has 0 unspecified atom stereocenters. The smallest absolute Gasteiger partial charge is 0.151 e. The van der Waals surface area contributed by atoms with E-state index in [1.54, 1.807) is 30.3 Å². The van der Waals surface area contributed by atoms with Crippen LogP contribution in [0.25, 0.3) is 0 Å². The van der Waals surface area contributed by atoms with Crippen LogP contribution < -0.4 is 5.90 Å².